The van der Waals surface area contributed by atoms with Crippen LogP contribution in [0.3, 0.4) is 0 Å². The fraction of sp³-hybridized carbons (Fsp3) is 0.200. The molecule has 0 saturated carbocycles. The molecule has 5 nitrogen and oxygen atoms in total. The van der Waals surface area contributed by atoms with Gasteiger partial charge in [0.05, 0.1) is 5.69 Å². The van der Waals surface area contributed by atoms with E-state index in [4.69, 9.17) is 0 Å². The van der Waals surface area contributed by atoms with Gasteiger partial charge < -0.3 is 0 Å². The molecule has 0 bridgehead atoms. The van der Waals surface area contributed by atoms with Crippen molar-refractivity contribution in [3.63, 3.8) is 0 Å². The van der Waals surface area contributed by atoms with Gasteiger partial charge in [-0.3, -0.25) is 9.10 Å². The molecule has 0 saturated heterocycles. The maximum Gasteiger partial charge on any atom is 0.282 e. The van der Waals surface area contributed by atoms with Crippen molar-refractivity contribution in [3.8, 4) is 0 Å². The molecule has 2 aromatic rings. The number of hydrogen-bond donors (Lipinski definition) is 0. The summed E-state index contributed by atoms with van der Waals surface area (Å²) in [5.41, 5.74) is 0.863. The van der Waals surface area contributed by atoms with Crippen molar-refractivity contribution in [2.45, 2.75) is 24.4 Å². The Balaban J connectivity index is 2.18. The zero-order valence-corrected chi connectivity index (χ0v) is 12.2. The van der Waals surface area contributed by atoms with Crippen molar-refractivity contribution < 1.29 is 13.2 Å². The Bertz CT molecular complexity index is 788. The molecule has 0 aliphatic carbocycles. The predicted octanol–water partition coefficient (Wildman–Crippen LogP) is 2.25. The smallest absolute Gasteiger partial charge is 0.282 e. The van der Waals surface area contributed by atoms with E-state index in [9.17, 15) is 13.2 Å². The molecule has 3 rings (SSSR count). The lowest BCUT2D eigenvalue weighted by Crippen LogP contribution is -2.44. The molecule has 0 amide bonds. The Morgan fingerprint density at radius 3 is 2.57 bits per heavy atom. The normalized spacial score (nSPS) is 18.4. The first-order chi connectivity index (χ1) is 10.0. The molecular formula is C15H14N2O3S. The second-order valence-corrected chi connectivity index (χ2v) is 6.72. The molecule has 0 unspecified atom stereocenters. The molecule has 6 heteroatoms. The number of sulfonamides is 1. The number of hydrogen-bond acceptors (Lipinski definition) is 4. The molecule has 0 spiro atoms. The van der Waals surface area contributed by atoms with Crippen molar-refractivity contribution >= 4 is 21.5 Å². The Morgan fingerprint density at radius 2 is 1.86 bits per heavy atom. The first kappa shape index (κ1) is 13.8. The lowest BCUT2D eigenvalue weighted by atomic mass is 9.98. The van der Waals surface area contributed by atoms with Crippen LogP contribution in [0.2, 0.25) is 0 Å². The summed E-state index contributed by atoms with van der Waals surface area (Å²) in [6.07, 6.45) is 1.61. The van der Waals surface area contributed by atoms with E-state index in [1.165, 1.54) is 16.6 Å². The van der Waals surface area contributed by atoms with Crippen LogP contribution in [-0.2, 0) is 10.0 Å². The van der Waals surface area contributed by atoms with Crippen LogP contribution in [0.1, 0.15) is 23.7 Å². The number of rotatable bonds is 2. The number of benzene rings is 1. The summed E-state index contributed by atoms with van der Waals surface area (Å²) in [6, 6.07) is 11.1. The van der Waals surface area contributed by atoms with Gasteiger partial charge in [-0.05, 0) is 31.2 Å². The Hall–Kier alpha value is -2.21. The van der Waals surface area contributed by atoms with E-state index in [1.54, 1.807) is 43.3 Å². The highest BCUT2D eigenvalue weighted by Crippen LogP contribution is 2.34. The largest absolute Gasteiger partial charge is 0.294 e. The van der Waals surface area contributed by atoms with Gasteiger partial charge in [-0.2, -0.15) is 8.42 Å². The second kappa shape index (κ2) is 4.96. The van der Waals surface area contributed by atoms with E-state index in [0.29, 0.717) is 11.3 Å². The van der Waals surface area contributed by atoms with Gasteiger partial charge in [-0.15, -0.1) is 0 Å². The molecule has 2 heterocycles. The van der Waals surface area contributed by atoms with E-state index in [0.717, 1.165) is 0 Å². The van der Waals surface area contributed by atoms with Gasteiger partial charge in [0.1, 0.15) is 0 Å². The van der Waals surface area contributed by atoms with E-state index < -0.39 is 16.1 Å². The number of anilines is 1. The Kier molecular flexibility index (Phi) is 3.25. The maximum absolute atomic E-state index is 12.8. The lowest BCUT2D eigenvalue weighted by molar-refractivity contribution is 0.0972. The molecule has 1 aromatic carbocycles. The van der Waals surface area contributed by atoms with Gasteiger partial charge in [0, 0.05) is 24.2 Å². The number of carbonyl (C=O) groups excluding carboxylic acids is 1. The van der Waals surface area contributed by atoms with Gasteiger partial charge in [0.25, 0.3) is 10.0 Å². The molecular weight excluding hydrogens is 288 g/mol. The topological polar surface area (TPSA) is 67.3 Å². The number of ketones is 1. The van der Waals surface area contributed by atoms with Gasteiger partial charge in [-0.25, -0.2) is 4.98 Å². The van der Waals surface area contributed by atoms with Gasteiger partial charge >= 0.3 is 0 Å². The van der Waals surface area contributed by atoms with E-state index in [2.05, 4.69) is 4.98 Å². The van der Waals surface area contributed by atoms with E-state index >= 15 is 0 Å². The summed E-state index contributed by atoms with van der Waals surface area (Å²) in [5.74, 6) is -0.0365. The third kappa shape index (κ3) is 2.21. The van der Waals surface area contributed by atoms with E-state index in [-0.39, 0.29) is 17.2 Å². The van der Waals surface area contributed by atoms with Crippen molar-refractivity contribution in [2.75, 3.05) is 4.31 Å². The zero-order valence-electron chi connectivity index (χ0n) is 11.4. The second-order valence-electron chi connectivity index (χ2n) is 4.96. The van der Waals surface area contributed by atoms with Crippen LogP contribution in [-0.4, -0.2) is 25.2 Å². The van der Waals surface area contributed by atoms with Crippen molar-refractivity contribution in [2.24, 2.45) is 0 Å². The first-order valence-corrected chi connectivity index (χ1v) is 8.03. The lowest BCUT2D eigenvalue weighted by Gasteiger charge is -2.34. The quantitative estimate of drug-likeness (QED) is 0.853. The number of nitrogens with zero attached hydrogens (tertiary/aromatic N) is 2. The Morgan fingerprint density at radius 1 is 1.14 bits per heavy atom. The molecule has 0 radical (unpaired) electrons. The van der Waals surface area contributed by atoms with Gasteiger partial charge in [0.15, 0.2) is 10.8 Å². The Labute approximate surface area is 123 Å². The number of pyridine rings is 1. The van der Waals surface area contributed by atoms with Crippen LogP contribution in [0, 0.1) is 0 Å². The molecule has 0 fully saturated rings. The third-order valence-corrected chi connectivity index (χ3v) is 5.33. The van der Waals surface area contributed by atoms with Gasteiger partial charge in [0.2, 0.25) is 0 Å². The predicted molar refractivity (Wildman–Crippen MR) is 78.8 cm³/mol. The highest BCUT2D eigenvalue weighted by Gasteiger charge is 2.37. The van der Waals surface area contributed by atoms with Crippen LogP contribution in [0.15, 0.2) is 53.7 Å². The standard InChI is InChI=1S/C15H14N2O3S/c1-11-10-14(18)12-6-2-3-7-13(12)17(11)21(19,20)15-8-4-5-9-16-15/h2-9,11H,10H2,1H3/t11-/m1/s1. The minimum absolute atomic E-state index is 0.0130. The summed E-state index contributed by atoms with van der Waals surface area (Å²) in [5, 5.41) is -0.0130. The van der Waals surface area contributed by atoms with Gasteiger partial charge in [-0.1, -0.05) is 18.2 Å². The minimum Gasteiger partial charge on any atom is -0.294 e. The van der Waals surface area contributed by atoms with Crippen LogP contribution in [0.25, 0.3) is 0 Å². The average molecular weight is 302 g/mol. The van der Waals surface area contributed by atoms with Crippen molar-refractivity contribution in [3.05, 3.63) is 54.2 Å². The summed E-state index contributed by atoms with van der Waals surface area (Å²) in [4.78, 5) is 16.0. The van der Waals surface area contributed by atoms with E-state index in [1.807, 2.05) is 0 Å². The molecule has 0 N–H and O–H groups in total. The third-order valence-electron chi connectivity index (χ3n) is 3.48. The number of Topliss-reactive ketones (excluding diaryl/α,β-unsaturated/α-hetero) is 1. The number of aromatic nitrogens is 1. The summed E-state index contributed by atoms with van der Waals surface area (Å²) >= 11 is 0. The summed E-state index contributed by atoms with van der Waals surface area (Å²) in [6.45, 7) is 1.73. The first-order valence-electron chi connectivity index (χ1n) is 6.59. The SMILES string of the molecule is C[C@@H]1CC(=O)c2ccccc2N1S(=O)(=O)c1ccccn1. The molecule has 1 aliphatic rings. The number of fused-ring (bicyclic) bond motifs is 1. The monoisotopic (exact) mass is 302 g/mol. The molecule has 21 heavy (non-hydrogen) atoms. The fourth-order valence-electron chi connectivity index (χ4n) is 2.57. The molecule has 108 valence electrons. The number of carbonyl (C=O) groups is 1. The molecule has 1 atom stereocenters. The fourth-order valence-corrected chi connectivity index (χ4v) is 4.18. The van der Waals surface area contributed by atoms with Crippen LogP contribution in [0.5, 0.6) is 0 Å². The van der Waals surface area contributed by atoms with Crippen molar-refractivity contribution in [1.82, 2.24) is 4.98 Å². The van der Waals surface area contributed by atoms with Crippen LogP contribution in [0.4, 0.5) is 5.69 Å². The summed E-state index contributed by atoms with van der Waals surface area (Å²) < 4.78 is 26.9. The van der Waals surface area contributed by atoms with Crippen LogP contribution >= 0.6 is 0 Å². The maximum atomic E-state index is 12.8. The highest BCUT2D eigenvalue weighted by molar-refractivity contribution is 7.92. The highest BCUT2D eigenvalue weighted by atomic mass is 32.2. The zero-order chi connectivity index (χ0) is 15.0. The van der Waals surface area contributed by atoms with Crippen LogP contribution < -0.4 is 4.31 Å². The molecule has 1 aromatic heterocycles. The number of para-hydroxylation sites is 1. The van der Waals surface area contributed by atoms with Crippen molar-refractivity contribution in [1.29, 1.82) is 0 Å². The summed E-state index contributed by atoms with van der Waals surface area (Å²) in [7, 11) is -3.78. The molecule has 1 aliphatic heterocycles. The average Bonchev–Trinajstić information content (AvgIpc) is 2.48. The minimum atomic E-state index is -3.78.